The second-order valence-corrected chi connectivity index (χ2v) is 7.90. The van der Waals surface area contributed by atoms with Gasteiger partial charge in [0.1, 0.15) is 0 Å². The zero-order valence-electron chi connectivity index (χ0n) is 14.3. The minimum Gasteiger partial charge on any atom is -0.385 e. The van der Waals surface area contributed by atoms with Gasteiger partial charge in [-0.3, -0.25) is 0 Å². The molecule has 0 heterocycles. The fourth-order valence-corrected chi connectivity index (χ4v) is 3.90. The summed E-state index contributed by atoms with van der Waals surface area (Å²) in [7, 11) is 0. The smallest absolute Gasteiger partial charge is 0.0344 e. The molecule has 0 unspecified atom stereocenters. The number of rotatable bonds is 4. The third-order valence-corrected chi connectivity index (χ3v) is 5.54. The van der Waals surface area contributed by atoms with Crippen molar-refractivity contribution in [3.05, 3.63) is 53.2 Å². The SMILES string of the molecule is C=C(NCC1CCC(C)(C)CC1)C1=CCc2cccc(C)c21. The lowest BCUT2D eigenvalue weighted by atomic mass is 9.73. The van der Waals surface area contributed by atoms with Gasteiger partial charge in [0.05, 0.1) is 0 Å². The number of allylic oxidation sites excluding steroid dienone is 2. The molecule has 1 N–H and O–H groups in total. The third-order valence-electron chi connectivity index (χ3n) is 5.54. The summed E-state index contributed by atoms with van der Waals surface area (Å²) in [5, 5.41) is 3.63. The molecular formula is C21H29N. The maximum Gasteiger partial charge on any atom is 0.0344 e. The minimum absolute atomic E-state index is 0.553. The van der Waals surface area contributed by atoms with Crippen LogP contribution in [-0.4, -0.2) is 6.54 Å². The van der Waals surface area contributed by atoms with Crippen LogP contribution < -0.4 is 5.32 Å². The van der Waals surface area contributed by atoms with E-state index in [4.69, 9.17) is 0 Å². The van der Waals surface area contributed by atoms with Gasteiger partial charge in [-0.05, 0) is 67.1 Å². The van der Waals surface area contributed by atoms with Crippen molar-refractivity contribution in [3.8, 4) is 0 Å². The van der Waals surface area contributed by atoms with Crippen LogP contribution >= 0.6 is 0 Å². The zero-order valence-corrected chi connectivity index (χ0v) is 14.3. The predicted molar refractivity (Wildman–Crippen MR) is 95.7 cm³/mol. The monoisotopic (exact) mass is 295 g/mol. The molecule has 1 fully saturated rings. The van der Waals surface area contributed by atoms with Gasteiger partial charge in [-0.15, -0.1) is 0 Å². The van der Waals surface area contributed by atoms with Crippen LogP contribution in [0.15, 0.2) is 36.6 Å². The summed E-state index contributed by atoms with van der Waals surface area (Å²) in [6.07, 6.45) is 8.79. The Morgan fingerprint density at radius 1 is 1.27 bits per heavy atom. The Morgan fingerprint density at radius 3 is 2.73 bits per heavy atom. The average Bonchev–Trinajstić information content (AvgIpc) is 2.91. The molecule has 118 valence electrons. The normalized spacial score (nSPS) is 20.4. The fraction of sp³-hybridized carbons (Fsp3) is 0.524. The topological polar surface area (TPSA) is 12.0 Å². The van der Waals surface area contributed by atoms with Crippen LogP contribution in [0.2, 0.25) is 0 Å². The molecule has 0 saturated heterocycles. The van der Waals surface area contributed by atoms with Crippen molar-refractivity contribution in [2.24, 2.45) is 11.3 Å². The van der Waals surface area contributed by atoms with Crippen molar-refractivity contribution in [1.82, 2.24) is 5.32 Å². The zero-order chi connectivity index (χ0) is 15.7. The Hall–Kier alpha value is -1.50. The summed E-state index contributed by atoms with van der Waals surface area (Å²) >= 11 is 0. The third kappa shape index (κ3) is 3.14. The van der Waals surface area contributed by atoms with E-state index in [1.54, 1.807) is 0 Å². The number of nitrogens with one attached hydrogen (secondary N) is 1. The fourth-order valence-electron chi connectivity index (χ4n) is 3.90. The van der Waals surface area contributed by atoms with Crippen molar-refractivity contribution >= 4 is 5.57 Å². The van der Waals surface area contributed by atoms with Gasteiger partial charge in [-0.25, -0.2) is 0 Å². The molecule has 0 atom stereocenters. The van der Waals surface area contributed by atoms with E-state index >= 15 is 0 Å². The average molecular weight is 295 g/mol. The van der Waals surface area contributed by atoms with E-state index in [0.717, 1.165) is 24.6 Å². The Balaban J connectivity index is 1.59. The number of hydrogen-bond acceptors (Lipinski definition) is 1. The Labute approximate surface area is 135 Å². The standard InChI is InChI=1S/C21H29N/c1-15-6-5-7-18-8-9-19(20(15)18)16(2)22-14-17-10-12-21(3,4)13-11-17/h5-7,9,17,22H,2,8,10-14H2,1,3-4H3. The molecule has 2 aliphatic carbocycles. The lowest BCUT2D eigenvalue weighted by Crippen LogP contribution is -2.29. The van der Waals surface area contributed by atoms with Crippen molar-refractivity contribution < 1.29 is 0 Å². The summed E-state index contributed by atoms with van der Waals surface area (Å²) in [6.45, 7) is 12.4. The molecule has 0 radical (unpaired) electrons. The summed E-state index contributed by atoms with van der Waals surface area (Å²) in [4.78, 5) is 0. The lowest BCUT2D eigenvalue weighted by molar-refractivity contribution is 0.191. The van der Waals surface area contributed by atoms with E-state index in [-0.39, 0.29) is 0 Å². The maximum absolute atomic E-state index is 4.31. The predicted octanol–water partition coefficient (Wildman–Crippen LogP) is 5.25. The first-order valence-corrected chi connectivity index (χ1v) is 8.68. The van der Waals surface area contributed by atoms with Crippen molar-refractivity contribution in [3.63, 3.8) is 0 Å². The molecule has 1 heteroatoms. The van der Waals surface area contributed by atoms with Gasteiger partial charge in [0.15, 0.2) is 0 Å². The van der Waals surface area contributed by atoms with Crippen molar-refractivity contribution in [2.45, 2.75) is 52.9 Å². The van der Waals surface area contributed by atoms with Crippen molar-refractivity contribution in [1.29, 1.82) is 0 Å². The van der Waals surface area contributed by atoms with Crippen LogP contribution in [0, 0.1) is 18.3 Å². The van der Waals surface area contributed by atoms with Gasteiger partial charge in [0.25, 0.3) is 0 Å². The van der Waals surface area contributed by atoms with E-state index in [0.29, 0.717) is 5.41 Å². The van der Waals surface area contributed by atoms with E-state index in [2.05, 4.69) is 56.9 Å². The maximum atomic E-state index is 4.31. The molecule has 0 amide bonds. The Morgan fingerprint density at radius 2 is 2.00 bits per heavy atom. The molecule has 22 heavy (non-hydrogen) atoms. The summed E-state index contributed by atoms with van der Waals surface area (Å²) in [5.41, 5.74) is 7.20. The van der Waals surface area contributed by atoms with E-state index in [1.807, 2.05) is 0 Å². The largest absolute Gasteiger partial charge is 0.385 e. The van der Waals surface area contributed by atoms with Crippen LogP contribution in [-0.2, 0) is 6.42 Å². The quantitative estimate of drug-likeness (QED) is 0.799. The molecule has 0 aliphatic heterocycles. The van der Waals surface area contributed by atoms with Crippen LogP contribution in [0.3, 0.4) is 0 Å². The Bertz CT molecular complexity index is 596. The van der Waals surface area contributed by atoms with Crippen LogP contribution in [0.1, 0.15) is 56.2 Å². The second-order valence-electron chi connectivity index (χ2n) is 7.90. The molecule has 0 spiro atoms. The van der Waals surface area contributed by atoms with Gasteiger partial charge < -0.3 is 5.32 Å². The molecule has 1 aromatic carbocycles. The first kappa shape index (κ1) is 15.4. The number of aryl methyl sites for hydroxylation is 1. The second kappa shape index (κ2) is 5.95. The van der Waals surface area contributed by atoms with Crippen molar-refractivity contribution in [2.75, 3.05) is 6.54 Å². The summed E-state index contributed by atoms with van der Waals surface area (Å²) in [6, 6.07) is 6.60. The lowest BCUT2D eigenvalue weighted by Gasteiger charge is -2.34. The summed E-state index contributed by atoms with van der Waals surface area (Å²) < 4.78 is 0. The van der Waals surface area contributed by atoms with E-state index in [1.165, 1.54) is 47.9 Å². The molecular weight excluding hydrogens is 266 g/mol. The van der Waals surface area contributed by atoms with Gasteiger partial charge >= 0.3 is 0 Å². The number of hydrogen-bond donors (Lipinski definition) is 1. The molecule has 1 aromatic rings. The first-order valence-electron chi connectivity index (χ1n) is 8.68. The Kier molecular flexibility index (Phi) is 4.16. The highest BCUT2D eigenvalue weighted by atomic mass is 14.9. The first-order chi connectivity index (χ1) is 10.5. The van der Waals surface area contributed by atoms with E-state index < -0.39 is 0 Å². The van der Waals surface area contributed by atoms with E-state index in [9.17, 15) is 0 Å². The highest BCUT2D eigenvalue weighted by Gasteiger charge is 2.27. The van der Waals surface area contributed by atoms with Crippen LogP contribution in [0.25, 0.3) is 5.57 Å². The highest BCUT2D eigenvalue weighted by Crippen LogP contribution is 2.38. The molecule has 0 aromatic heterocycles. The van der Waals surface area contributed by atoms with Gasteiger partial charge in [-0.1, -0.05) is 44.7 Å². The van der Waals surface area contributed by atoms with Gasteiger partial charge in [0, 0.05) is 17.8 Å². The molecule has 1 nitrogen and oxygen atoms in total. The van der Waals surface area contributed by atoms with Gasteiger partial charge in [-0.2, -0.15) is 0 Å². The molecule has 1 saturated carbocycles. The minimum atomic E-state index is 0.553. The van der Waals surface area contributed by atoms with Gasteiger partial charge in [0.2, 0.25) is 0 Å². The number of benzene rings is 1. The molecule has 0 bridgehead atoms. The van der Waals surface area contributed by atoms with Crippen LogP contribution in [0.5, 0.6) is 0 Å². The molecule has 3 rings (SSSR count). The summed E-state index contributed by atoms with van der Waals surface area (Å²) in [5.74, 6) is 0.808. The highest BCUT2D eigenvalue weighted by molar-refractivity contribution is 5.84. The van der Waals surface area contributed by atoms with Crippen LogP contribution in [0.4, 0.5) is 0 Å². The molecule has 2 aliphatic rings. The number of fused-ring (bicyclic) bond motifs is 1.